The van der Waals surface area contributed by atoms with Gasteiger partial charge in [0.2, 0.25) is 10.0 Å². The standard InChI is InChI=1S/C13H18F3N3O3S/c1-22-9-12(5-2-6-18-12)8-19-23(20,21)10-3-4-11(17-7-10)13(14,15)16/h3-4,7,18-19H,2,5-6,8-9H2,1H3. The Bertz CT molecular complexity index is 626. The van der Waals surface area contributed by atoms with Crippen molar-refractivity contribution in [2.75, 3.05) is 26.8 Å². The summed E-state index contributed by atoms with van der Waals surface area (Å²) in [6.07, 6.45) is -2.26. The highest BCUT2D eigenvalue weighted by Crippen LogP contribution is 2.27. The lowest BCUT2D eigenvalue weighted by Crippen LogP contribution is -2.52. The molecule has 10 heteroatoms. The van der Waals surface area contributed by atoms with E-state index < -0.39 is 27.4 Å². The van der Waals surface area contributed by atoms with Crippen LogP contribution in [0.3, 0.4) is 0 Å². The summed E-state index contributed by atoms with van der Waals surface area (Å²) in [5.74, 6) is 0. The third-order valence-corrected chi connectivity index (χ3v) is 5.08. The summed E-state index contributed by atoms with van der Waals surface area (Å²) in [5, 5.41) is 3.21. The predicted molar refractivity (Wildman–Crippen MR) is 76.3 cm³/mol. The minimum atomic E-state index is -4.61. The van der Waals surface area contributed by atoms with Gasteiger partial charge in [-0.3, -0.25) is 4.98 Å². The van der Waals surface area contributed by atoms with Crippen LogP contribution in [0.5, 0.6) is 0 Å². The molecule has 0 saturated carbocycles. The molecule has 1 unspecified atom stereocenters. The second-order valence-electron chi connectivity index (χ2n) is 5.45. The van der Waals surface area contributed by atoms with E-state index in [4.69, 9.17) is 4.74 Å². The summed E-state index contributed by atoms with van der Waals surface area (Å²) < 4.78 is 69.3. The number of nitrogens with one attached hydrogen (secondary N) is 2. The van der Waals surface area contributed by atoms with Crippen molar-refractivity contribution >= 4 is 10.0 Å². The van der Waals surface area contributed by atoms with Gasteiger partial charge in [-0.2, -0.15) is 13.2 Å². The molecule has 1 aromatic heterocycles. The monoisotopic (exact) mass is 353 g/mol. The summed E-state index contributed by atoms with van der Waals surface area (Å²) in [5.41, 5.74) is -1.63. The third kappa shape index (κ3) is 4.40. The number of nitrogens with zero attached hydrogens (tertiary/aromatic N) is 1. The summed E-state index contributed by atoms with van der Waals surface area (Å²) in [4.78, 5) is 2.86. The topological polar surface area (TPSA) is 80.3 Å². The Morgan fingerprint density at radius 2 is 2.17 bits per heavy atom. The zero-order valence-electron chi connectivity index (χ0n) is 12.5. The van der Waals surface area contributed by atoms with Crippen molar-refractivity contribution in [3.63, 3.8) is 0 Å². The van der Waals surface area contributed by atoms with E-state index >= 15 is 0 Å². The summed E-state index contributed by atoms with van der Waals surface area (Å²) in [7, 11) is -2.42. The van der Waals surface area contributed by atoms with Gasteiger partial charge in [0, 0.05) is 19.9 Å². The van der Waals surface area contributed by atoms with E-state index in [1.165, 1.54) is 7.11 Å². The van der Waals surface area contributed by atoms with Crippen LogP contribution in [-0.2, 0) is 20.9 Å². The Kier molecular flexibility index (Phi) is 5.29. The molecule has 0 spiro atoms. The summed E-state index contributed by atoms with van der Waals surface area (Å²) in [6, 6.07) is 1.54. The number of pyridine rings is 1. The molecule has 1 atom stereocenters. The fourth-order valence-electron chi connectivity index (χ4n) is 2.49. The van der Waals surface area contributed by atoms with E-state index in [2.05, 4.69) is 15.0 Å². The van der Waals surface area contributed by atoms with Gasteiger partial charge in [0.05, 0.1) is 12.1 Å². The van der Waals surface area contributed by atoms with E-state index in [9.17, 15) is 21.6 Å². The van der Waals surface area contributed by atoms with Gasteiger partial charge < -0.3 is 10.1 Å². The Morgan fingerprint density at radius 3 is 2.65 bits per heavy atom. The van der Waals surface area contributed by atoms with E-state index in [1.807, 2.05) is 0 Å². The molecule has 2 rings (SSSR count). The third-order valence-electron chi connectivity index (χ3n) is 3.69. The van der Waals surface area contributed by atoms with Gasteiger partial charge in [-0.25, -0.2) is 13.1 Å². The van der Waals surface area contributed by atoms with Crippen molar-refractivity contribution in [3.05, 3.63) is 24.0 Å². The molecule has 1 aliphatic heterocycles. The molecule has 0 bridgehead atoms. The minimum Gasteiger partial charge on any atom is -0.383 e. The molecule has 130 valence electrons. The van der Waals surface area contributed by atoms with Crippen molar-refractivity contribution < 1.29 is 26.3 Å². The van der Waals surface area contributed by atoms with Gasteiger partial charge in [0.15, 0.2) is 0 Å². The highest BCUT2D eigenvalue weighted by molar-refractivity contribution is 7.89. The van der Waals surface area contributed by atoms with Crippen LogP contribution in [0.25, 0.3) is 0 Å². The molecule has 0 aromatic carbocycles. The van der Waals surface area contributed by atoms with Crippen molar-refractivity contribution in [3.8, 4) is 0 Å². The fraction of sp³-hybridized carbons (Fsp3) is 0.615. The first-order chi connectivity index (χ1) is 10.7. The van der Waals surface area contributed by atoms with Crippen LogP contribution in [0.2, 0.25) is 0 Å². The Morgan fingerprint density at radius 1 is 1.43 bits per heavy atom. The number of ether oxygens (including phenoxy) is 1. The van der Waals surface area contributed by atoms with Gasteiger partial charge in [-0.05, 0) is 31.5 Å². The number of sulfonamides is 1. The van der Waals surface area contributed by atoms with Crippen LogP contribution < -0.4 is 10.0 Å². The lowest BCUT2D eigenvalue weighted by Gasteiger charge is -2.28. The Hall–Kier alpha value is -1.23. The minimum absolute atomic E-state index is 0.0875. The molecular formula is C13H18F3N3O3S. The largest absolute Gasteiger partial charge is 0.433 e. The van der Waals surface area contributed by atoms with Crippen LogP contribution >= 0.6 is 0 Å². The number of methoxy groups -OCH3 is 1. The van der Waals surface area contributed by atoms with E-state index in [0.29, 0.717) is 18.9 Å². The maximum Gasteiger partial charge on any atom is 0.433 e. The number of halogens is 3. The first-order valence-corrected chi connectivity index (χ1v) is 8.44. The lowest BCUT2D eigenvalue weighted by molar-refractivity contribution is -0.141. The Labute approximate surface area is 132 Å². The van der Waals surface area contributed by atoms with E-state index in [0.717, 1.165) is 25.5 Å². The van der Waals surface area contributed by atoms with Crippen LogP contribution in [0, 0.1) is 0 Å². The zero-order valence-corrected chi connectivity index (χ0v) is 13.3. The zero-order chi connectivity index (χ0) is 17.1. The lowest BCUT2D eigenvalue weighted by atomic mass is 9.99. The Balaban J connectivity index is 2.09. The van der Waals surface area contributed by atoms with Gasteiger partial charge >= 0.3 is 6.18 Å². The van der Waals surface area contributed by atoms with E-state index in [-0.39, 0.29) is 11.4 Å². The molecule has 23 heavy (non-hydrogen) atoms. The summed E-state index contributed by atoms with van der Waals surface area (Å²) in [6.45, 7) is 1.18. The van der Waals surface area contributed by atoms with Crippen molar-refractivity contribution in [2.45, 2.75) is 29.5 Å². The first-order valence-electron chi connectivity index (χ1n) is 6.95. The maximum absolute atomic E-state index is 12.5. The fourth-order valence-corrected chi connectivity index (χ4v) is 3.57. The quantitative estimate of drug-likeness (QED) is 0.802. The smallest absolute Gasteiger partial charge is 0.383 e. The number of aromatic nitrogens is 1. The molecule has 2 N–H and O–H groups in total. The first kappa shape index (κ1) is 18.1. The molecule has 1 saturated heterocycles. The molecule has 1 aromatic rings. The SMILES string of the molecule is COCC1(CNS(=O)(=O)c2ccc(C(F)(F)F)nc2)CCCN1. The normalized spacial score (nSPS) is 22.4. The average molecular weight is 353 g/mol. The van der Waals surface area contributed by atoms with Crippen LogP contribution in [-0.4, -0.2) is 45.7 Å². The van der Waals surface area contributed by atoms with Crippen molar-refractivity contribution in [1.29, 1.82) is 0 Å². The highest BCUT2D eigenvalue weighted by atomic mass is 32.2. The van der Waals surface area contributed by atoms with Gasteiger partial charge in [0.25, 0.3) is 0 Å². The second kappa shape index (κ2) is 6.71. The van der Waals surface area contributed by atoms with Crippen molar-refractivity contribution in [1.82, 2.24) is 15.0 Å². The maximum atomic E-state index is 12.5. The van der Waals surface area contributed by atoms with Crippen LogP contribution in [0.1, 0.15) is 18.5 Å². The molecule has 0 amide bonds. The van der Waals surface area contributed by atoms with Crippen LogP contribution in [0.4, 0.5) is 13.2 Å². The molecular weight excluding hydrogens is 335 g/mol. The second-order valence-corrected chi connectivity index (χ2v) is 7.21. The van der Waals surface area contributed by atoms with Crippen molar-refractivity contribution in [2.24, 2.45) is 0 Å². The number of hydrogen-bond donors (Lipinski definition) is 2. The average Bonchev–Trinajstić information content (AvgIpc) is 2.94. The highest BCUT2D eigenvalue weighted by Gasteiger charge is 2.35. The molecule has 1 fully saturated rings. The van der Waals surface area contributed by atoms with Gasteiger partial charge in [0.1, 0.15) is 10.6 Å². The summed E-state index contributed by atoms with van der Waals surface area (Å²) >= 11 is 0. The number of hydrogen-bond acceptors (Lipinski definition) is 5. The molecule has 6 nitrogen and oxygen atoms in total. The van der Waals surface area contributed by atoms with Crippen LogP contribution in [0.15, 0.2) is 23.2 Å². The number of rotatable bonds is 6. The molecule has 1 aliphatic rings. The number of alkyl halides is 3. The van der Waals surface area contributed by atoms with E-state index in [1.54, 1.807) is 0 Å². The molecule has 0 aliphatic carbocycles. The predicted octanol–water partition coefficient (Wildman–Crippen LogP) is 1.15. The molecule has 2 heterocycles. The van der Waals surface area contributed by atoms with Gasteiger partial charge in [-0.1, -0.05) is 0 Å². The molecule has 0 radical (unpaired) electrons. The van der Waals surface area contributed by atoms with Gasteiger partial charge in [-0.15, -0.1) is 0 Å².